The Hall–Kier alpha value is -1.55. The average molecular weight is 211 g/mol. The van der Waals surface area contributed by atoms with Crippen LogP contribution >= 0.6 is 0 Å². The van der Waals surface area contributed by atoms with Crippen LogP contribution < -0.4 is 0 Å². The first-order valence-electron chi connectivity index (χ1n) is 5.82. The van der Waals surface area contributed by atoms with Gasteiger partial charge in [-0.1, -0.05) is 30.3 Å². The minimum atomic E-state index is -0.427. The molecule has 82 valence electrons. The molecule has 0 radical (unpaired) electrons. The van der Waals surface area contributed by atoms with Crippen LogP contribution in [0.2, 0.25) is 0 Å². The molecule has 1 atom stereocenters. The average Bonchev–Trinajstić information content (AvgIpc) is 3.13. The van der Waals surface area contributed by atoms with E-state index in [1.54, 1.807) is 0 Å². The molecule has 2 rings (SSSR count). The van der Waals surface area contributed by atoms with Crippen LogP contribution in [-0.2, 0) is 5.41 Å². The Kier molecular flexibility index (Phi) is 2.83. The Labute approximate surface area is 97.4 Å². The summed E-state index contributed by atoms with van der Waals surface area (Å²) >= 11 is 0. The van der Waals surface area contributed by atoms with Crippen LogP contribution in [0.1, 0.15) is 43.2 Å². The third-order valence-corrected chi connectivity index (χ3v) is 3.40. The van der Waals surface area contributed by atoms with Crippen molar-refractivity contribution in [1.29, 1.82) is 5.26 Å². The molecule has 0 N–H and O–H groups in total. The van der Waals surface area contributed by atoms with Crippen LogP contribution in [0, 0.1) is 11.3 Å². The van der Waals surface area contributed by atoms with Gasteiger partial charge in [0.25, 0.3) is 0 Å². The molecule has 1 aliphatic rings. The lowest BCUT2D eigenvalue weighted by Crippen LogP contribution is -2.18. The Morgan fingerprint density at radius 2 is 2.06 bits per heavy atom. The van der Waals surface area contributed by atoms with Crippen LogP contribution in [-0.4, -0.2) is 0 Å². The second kappa shape index (κ2) is 4.14. The van der Waals surface area contributed by atoms with Gasteiger partial charge in [0, 0.05) is 0 Å². The van der Waals surface area contributed by atoms with Crippen molar-refractivity contribution in [3.63, 3.8) is 0 Å². The number of hydrogen-bond acceptors (Lipinski definition) is 1. The second-order valence-electron chi connectivity index (χ2n) is 4.83. The van der Waals surface area contributed by atoms with Crippen molar-refractivity contribution < 1.29 is 0 Å². The summed E-state index contributed by atoms with van der Waals surface area (Å²) in [5.41, 5.74) is 2.09. The number of hydrogen-bond donors (Lipinski definition) is 0. The van der Waals surface area contributed by atoms with Crippen molar-refractivity contribution in [2.75, 3.05) is 0 Å². The van der Waals surface area contributed by atoms with Gasteiger partial charge in [-0.05, 0) is 43.2 Å². The second-order valence-corrected chi connectivity index (χ2v) is 4.83. The lowest BCUT2D eigenvalue weighted by molar-refractivity contribution is 0.621. The molecule has 1 aromatic rings. The zero-order valence-electron chi connectivity index (χ0n) is 9.74. The summed E-state index contributed by atoms with van der Waals surface area (Å²) in [5.74, 6) is 0.779. The summed E-state index contributed by atoms with van der Waals surface area (Å²) in [6.07, 6.45) is 5.16. The fraction of sp³-hybridized carbons (Fsp3) is 0.400. The third-order valence-electron chi connectivity index (χ3n) is 3.40. The first-order chi connectivity index (χ1) is 7.69. The van der Waals surface area contributed by atoms with Gasteiger partial charge in [0.15, 0.2) is 0 Å². The van der Waals surface area contributed by atoms with E-state index >= 15 is 0 Å². The van der Waals surface area contributed by atoms with Gasteiger partial charge >= 0.3 is 0 Å². The van der Waals surface area contributed by atoms with Gasteiger partial charge in [0.1, 0.15) is 0 Å². The maximum atomic E-state index is 9.26. The van der Waals surface area contributed by atoms with Gasteiger partial charge < -0.3 is 0 Å². The quantitative estimate of drug-likeness (QED) is 0.692. The lowest BCUT2D eigenvalue weighted by atomic mass is 9.80. The van der Waals surface area contributed by atoms with E-state index in [0.717, 1.165) is 11.5 Å². The molecule has 1 aromatic carbocycles. The van der Waals surface area contributed by atoms with Crippen molar-refractivity contribution in [2.45, 2.75) is 37.5 Å². The number of rotatable bonds is 4. The highest BCUT2D eigenvalue weighted by atomic mass is 14.4. The van der Waals surface area contributed by atoms with E-state index in [2.05, 4.69) is 36.9 Å². The smallest absolute Gasteiger partial charge is 0.0828 e. The molecule has 16 heavy (non-hydrogen) atoms. The molecule has 0 spiro atoms. The zero-order chi connectivity index (χ0) is 11.6. The molecule has 0 amide bonds. The topological polar surface area (TPSA) is 23.8 Å². The number of benzene rings is 1. The van der Waals surface area contributed by atoms with Gasteiger partial charge in [-0.25, -0.2) is 0 Å². The molecule has 1 nitrogen and oxygen atoms in total. The standard InChI is InChI=1S/C15H17N/c1-3-10-15(2,11-16)14-8-6-13(7-9-14)12-4-5-12/h3,6-9,12H,1,4-5,10H2,2H3. The van der Waals surface area contributed by atoms with E-state index in [4.69, 9.17) is 0 Å². The molecule has 0 heterocycles. The predicted molar refractivity (Wildman–Crippen MR) is 66.2 cm³/mol. The Bertz CT molecular complexity index is 420. The van der Waals surface area contributed by atoms with E-state index in [1.165, 1.54) is 18.4 Å². The number of allylic oxidation sites excluding steroid dienone is 1. The molecule has 1 saturated carbocycles. The van der Waals surface area contributed by atoms with E-state index in [-0.39, 0.29) is 0 Å². The Morgan fingerprint density at radius 3 is 2.50 bits per heavy atom. The van der Waals surface area contributed by atoms with E-state index in [1.807, 2.05) is 13.0 Å². The highest BCUT2D eigenvalue weighted by Crippen LogP contribution is 2.40. The molecule has 1 aliphatic carbocycles. The summed E-state index contributed by atoms with van der Waals surface area (Å²) < 4.78 is 0. The maximum absolute atomic E-state index is 9.26. The SMILES string of the molecule is C=CCC(C)(C#N)c1ccc(C2CC2)cc1. The van der Waals surface area contributed by atoms with Crippen LogP contribution in [0.5, 0.6) is 0 Å². The molecule has 0 saturated heterocycles. The number of nitrogens with zero attached hydrogens (tertiary/aromatic N) is 1. The van der Waals surface area contributed by atoms with Crippen LogP contribution in [0.15, 0.2) is 36.9 Å². The summed E-state index contributed by atoms with van der Waals surface area (Å²) in [5, 5.41) is 9.26. The third kappa shape index (κ3) is 2.02. The normalized spacial score (nSPS) is 18.5. The van der Waals surface area contributed by atoms with Crippen LogP contribution in [0.3, 0.4) is 0 Å². The van der Waals surface area contributed by atoms with Gasteiger partial charge in [-0.2, -0.15) is 5.26 Å². The minimum absolute atomic E-state index is 0.427. The zero-order valence-corrected chi connectivity index (χ0v) is 9.74. The van der Waals surface area contributed by atoms with E-state index in [9.17, 15) is 5.26 Å². The van der Waals surface area contributed by atoms with Gasteiger partial charge in [0.2, 0.25) is 0 Å². The molecule has 0 bridgehead atoms. The fourth-order valence-corrected chi connectivity index (χ4v) is 2.06. The Balaban J connectivity index is 2.25. The predicted octanol–water partition coefficient (Wildman–Crippen LogP) is 3.92. The summed E-state index contributed by atoms with van der Waals surface area (Å²) in [6, 6.07) is 10.9. The minimum Gasteiger partial charge on any atom is -0.197 e. The monoisotopic (exact) mass is 211 g/mol. The maximum Gasteiger partial charge on any atom is 0.0828 e. The van der Waals surface area contributed by atoms with Crippen molar-refractivity contribution >= 4 is 0 Å². The summed E-state index contributed by atoms with van der Waals surface area (Å²) in [7, 11) is 0. The van der Waals surface area contributed by atoms with E-state index < -0.39 is 5.41 Å². The first-order valence-corrected chi connectivity index (χ1v) is 5.82. The molecule has 1 fully saturated rings. The van der Waals surface area contributed by atoms with E-state index in [0.29, 0.717) is 6.42 Å². The lowest BCUT2D eigenvalue weighted by Gasteiger charge is -2.20. The first kappa shape index (κ1) is 11.0. The van der Waals surface area contributed by atoms with Crippen LogP contribution in [0.4, 0.5) is 0 Å². The van der Waals surface area contributed by atoms with Gasteiger partial charge in [-0.15, -0.1) is 6.58 Å². The molecular weight excluding hydrogens is 194 g/mol. The molecular formula is C15H17N. The highest BCUT2D eigenvalue weighted by Gasteiger charge is 2.27. The molecule has 0 aliphatic heterocycles. The van der Waals surface area contributed by atoms with Crippen molar-refractivity contribution in [1.82, 2.24) is 0 Å². The summed E-state index contributed by atoms with van der Waals surface area (Å²) in [4.78, 5) is 0. The van der Waals surface area contributed by atoms with Crippen LogP contribution in [0.25, 0.3) is 0 Å². The molecule has 1 unspecified atom stereocenters. The van der Waals surface area contributed by atoms with Crippen molar-refractivity contribution in [3.05, 3.63) is 48.0 Å². The van der Waals surface area contributed by atoms with Gasteiger partial charge in [-0.3, -0.25) is 0 Å². The Morgan fingerprint density at radius 1 is 1.44 bits per heavy atom. The van der Waals surface area contributed by atoms with Crippen molar-refractivity contribution in [2.24, 2.45) is 0 Å². The largest absolute Gasteiger partial charge is 0.197 e. The fourth-order valence-electron chi connectivity index (χ4n) is 2.06. The van der Waals surface area contributed by atoms with Crippen molar-refractivity contribution in [3.8, 4) is 6.07 Å². The molecule has 0 aromatic heterocycles. The van der Waals surface area contributed by atoms with Gasteiger partial charge in [0.05, 0.1) is 11.5 Å². The molecule has 1 heteroatoms. The number of nitriles is 1. The summed E-state index contributed by atoms with van der Waals surface area (Å²) in [6.45, 7) is 5.70. The highest BCUT2D eigenvalue weighted by molar-refractivity contribution is 5.36.